The number of rotatable bonds is 7. The number of methoxy groups -OCH3 is 1. The lowest BCUT2D eigenvalue weighted by Gasteiger charge is -2.13. The van der Waals surface area contributed by atoms with Gasteiger partial charge in [-0.05, 0) is 12.6 Å². The maximum Gasteiger partial charge on any atom is 0.164 e. The molecule has 6 heteroatoms. The monoisotopic (exact) mass is 276 g/mol. The van der Waals surface area contributed by atoms with Gasteiger partial charge in [-0.1, -0.05) is 13.0 Å². The Morgan fingerprint density at radius 1 is 1.35 bits per heavy atom. The first kappa shape index (κ1) is 14.3. The molecule has 1 N–H and O–H groups in total. The van der Waals surface area contributed by atoms with Gasteiger partial charge in [0.15, 0.2) is 5.82 Å². The fourth-order valence-corrected chi connectivity index (χ4v) is 1.80. The van der Waals surface area contributed by atoms with Crippen LogP contribution in [0.2, 0.25) is 0 Å². The van der Waals surface area contributed by atoms with Gasteiger partial charge in [-0.25, -0.2) is 4.98 Å². The molecule has 0 unspecified atom stereocenters. The summed E-state index contributed by atoms with van der Waals surface area (Å²) in [5.41, 5.74) is 1.09. The summed E-state index contributed by atoms with van der Waals surface area (Å²) in [5, 5.41) is 7.32. The molecule has 1 aromatic carbocycles. The van der Waals surface area contributed by atoms with E-state index in [0.29, 0.717) is 6.61 Å². The smallest absolute Gasteiger partial charge is 0.164 e. The van der Waals surface area contributed by atoms with E-state index in [9.17, 15) is 0 Å². The van der Waals surface area contributed by atoms with Gasteiger partial charge in [0.2, 0.25) is 0 Å². The van der Waals surface area contributed by atoms with E-state index in [1.807, 2.05) is 25.2 Å². The Balaban J connectivity index is 2.12. The van der Waals surface area contributed by atoms with Crippen LogP contribution >= 0.6 is 0 Å². The van der Waals surface area contributed by atoms with Crippen molar-refractivity contribution in [3.05, 3.63) is 35.9 Å². The topological polar surface area (TPSA) is 61.2 Å². The van der Waals surface area contributed by atoms with Crippen molar-refractivity contribution in [3.63, 3.8) is 0 Å². The van der Waals surface area contributed by atoms with Crippen LogP contribution in [0, 0.1) is 0 Å². The van der Waals surface area contributed by atoms with E-state index in [1.54, 1.807) is 11.8 Å². The van der Waals surface area contributed by atoms with Crippen molar-refractivity contribution in [1.82, 2.24) is 20.1 Å². The number of aromatic nitrogens is 3. The number of nitrogens with one attached hydrogen (secondary N) is 1. The first-order chi connectivity index (χ1) is 9.74. The van der Waals surface area contributed by atoms with Crippen LogP contribution in [0.15, 0.2) is 24.5 Å². The Hall–Kier alpha value is -2.08. The van der Waals surface area contributed by atoms with E-state index in [0.717, 1.165) is 36.0 Å². The summed E-state index contributed by atoms with van der Waals surface area (Å²) in [6, 6.07) is 5.83. The molecule has 0 radical (unpaired) electrons. The van der Waals surface area contributed by atoms with Gasteiger partial charge in [0.1, 0.15) is 24.4 Å². The highest BCUT2D eigenvalue weighted by Gasteiger charge is 2.08. The van der Waals surface area contributed by atoms with Gasteiger partial charge in [0.05, 0.1) is 7.11 Å². The standard InChI is InChI=1S/C14H20N4O2/c1-4-15-8-11-5-6-12(19-3)7-13(11)20-9-14-16-10-17-18(14)2/h5-7,10,15H,4,8-9H2,1-3H3. The summed E-state index contributed by atoms with van der Waals surface area (Å²) < 4.78 is 12.8. The van der Waals surface area contributed by atoms with Crippen molar-refractivity contribution in [2.75, 3.05) is 13.7 Å². The molecule has 20 heavy (non-hydrogen) atoms. The molecule has 0 fully saturated rings. The van der Waals surface area contributed by atoms with E-state index in [-0.39, 0.29) is 0 Å². The van der Waals surface area contributed by atoms with Crippen molar-refractivity contribution >= 4 is 0 Å². The number of hydrogen-bond acceptors (Lipinski definition) is 5. The largest absolute Gasteiger partial charge is 0.497 e. The van der Waals surface area contributed by atoms with Crippen molar-refractivity contribution in [2.24, 2.45) is 7.05 Å². The normalized spacial score (nSPS) is 10.6. The molecule has 2 rings (SSSR count). The van der Waals surface area contributed by atoms with Gasteiger partial charge >= 0.3 is 0 Å². The van der Waals surface area contributed by atoms with E-state index in [4.69, 9.17) is 9.47 Å². The lowest BCUT2D eigenvalue weighted by molar-refractivity contribution is 0.284. The third kappa shape index (κ3) is 3.48. The maximum atomic E-state index is 5.86. The number of ether oxygens (including phenoxy) is 2. The fraction of sp³-hybridized carbons (Fsp3) is 0.429. The third-order valence-electron chi connectivity index (χ3n) is 3.00. The molecular weight excluding hydrogens is 256 g/mol. The number of hydrogen-bond donors (Lipinski definition) is 1. The summed E-state index contributed by atoms with van der Waals surface area (Å²) in [7, 11) is 3.49. The fourth-order valence-electron chi connectivity index (χ4n) is 1.80. The van der Waals surface area contributed by atoms with Crippen LogP contribution in [-0.2, 0) is 20.2 Å². The molecule has 6 nitrogen and oxygen atoms in total. The molecule has 0 aliphatic carbocycles. The minimum absolute atomic E-state index is 0.378. The van der Waals surface area contributed by atoms with Crippen molar-refractivity contribution in [1.29, 1.82) is 0 Å². The van der Waals surface area contributed by atoms with Gasteiger partial charge in [-0.2, -0.15) is 5.10 Å². The molecule has 1 aromatic heterocycles. The molecule has 0 atom stereocenters. The van der Waals surface area contributed by atoms with E-state index >= 15 is 0 Å². The highest BCUT2D eigenvalue weighted by Crippen LogP contribution is 2.25. The van der Waals surface area contributed by atoms with Crippen molar-refractivity contribution in [2.45, 2.75) is 20.1 Å². The Bertz CT molecular complexity index is 554. The second-order valence-electron chi connectivity index (χ2n) is 4.34. The molecule has 0 aliphatic rings. The van der Waals surface area contributed by atoms with Crippen LogP contribution in [0.4, 0.5) is 0 Å². The van der Waals surface area contributed by atoms with Crippen LogP contribution in [0.25, 0.3) is 0 Å². The zero-order chi connectivity index (χ0) is 14.4. The van der Waals surface area contributed by atoms with E-state index in [1.165, 1.54) is 6.33 Å². The molecule has 0 amide bonds. The molecule has 0 aliphatic heterocycles. The quantitative estimate of drug-likeness (QED) is 0.830. The minimum Gasteiger partial charge on any atom is -0.497 e. The third-order valence-corrected chi connectivity index (χ3v) is 3.00. The molecule has 0 bridgehead atoms. The van der Waals surface area contributed by atoms with E-state index < -0.39 is 0 Å². The lowest BCUT2D eigenvalue weighted by atomic mass is 10.2. The summed E-state index contributed by atoms with van der Waals surface area (Å²) >= 11 is 0. The predicted octanol–water partition coefficient (Wildman–Crippen LogP) is 1.51. The Labute approximate surface area is 118 Å². The van der Waals surface area contributed by atoms with E-state index in [2.05, 4.69) is 22.3 Å². The first-order valence-corrected chi connectivity index (χ1v) is 6.58. The molecule has 0 saturated carbocycles. The Morgan fingerprint density at radius 3 is 2.85 bits per heavy atom. The first-order valence-electron chi connectivity index (χ1n) is 6.58. The van der Waals surface area contributed by atoms with Gasteiger partial charge < -0.3 is 14.8 Å². The van der Waals surface area contributed by atoms with Crippen LogP contribution in [0.1, 0.15) is 18.3 Å². The maximum absolute atomic E-state index is 5.86. The second kappa shape index (κ2) is 6.91. The average Bonchev–Trinajstić information content (AvgIpc) is 2.88. The average molecular weight is 276 g/mol. The highest BCUT2D eigenvalue weighted by atomic mass is 16.5. The Morgan fingerprint density at radius 2 is 2.20 bits per heavy atom. The molecule has 2 aromatic rings. The number of nitrogens with zero attached hydrogens (tertiary/aromatic N) is 3. The molecule has 0 spiro atoms. The van der Waals surface area contributed by atoms with Crippen LogP contribution in [0.3, 0.4) is 0 Å². The van der Waals surface area contributed by atoms with Crippen molar-refractivity contribution < 1.29 is 9.47 Å². The van der Waals surface area contributed by atoms with Gasteiger partial charge in [-0.15, -0.1) is 0 Å². The molecular formula is C14H20N4O2. The Kier molecular flexibility index (Phi) is 4.95. The second-order valence-corrected chi connectivity index (χ2v) is 4.34. The highest BCUT2D eigenvalue weighted by molar-refractivity contribution is 5.40. The van der Waals surface area contributed by atoms with Gasteiger partial charge in [0.25, 0.3) is 0 Å². The number of benzene rings is 1. The zero-order valence-corrected chi connectivity index (χ0v) is 12.1. The zero-order valence-electron chi connectivity index (χ0n) is 12.1. The number of aryl methyl sites for hydroxylation is 1. The lowest BCUT2D eigenvalue weighted by Crippen LogP contribution is -2.13. The minimum atomic E-state index is 0.378. The SMILES string of the molecule is CCNCc1ccc(OC)cc1OCc1ncnn1C. The van der Waals surface area contributed by atoms with Crippen LogP contribution in [-0.4, -0.2) is 28.4 Å². The van der Waals surface area contributed by atoms with Crippen LogP contribution in [0.5, 0.6) is 11.5 Å². The summed E-state index contributed by atoms with van der Waals surface area (Å²) in [4.78, 5) is 4.15. The molecule has 0 saturated heterocycles. The summed E-state index contributed by atoms with van der Waals surface area (Å²) in [6.07, 6.45) is 1.52. The van der Waals surface area contributed by atoms with Gasteiger partial charge in [-0.3, -0.25) is 4.68 Å². The summed E-state index contributed by atoms with van der Waals surface area (Å²) in [6.45, 7) is 4.12. The summed E-state index contributed by atoms with van der Waals surface area (Å²) in [5.74, 6) is 2.36. The van der Waals surface area contributed by atoms with Crippen molar-refractivity contribution in [3.8, 4) is 11.5 Å². The predicted molar refractivity (Wildman–Crippen MR) is 75.7 cm³/mol. The van der Waals surface area contributed by atoms with Crippen LogP contribution < -0.4 is 14.8 Å². The molecule has 1 heterocycles. The molecule has 108 valence electrons. The van der Waals surface area contributed by atoms with Gasteiger partial charge in [0, 0.05) is 25.2 Å².